The number of aromatic amines is 1. The molecule has 8 heteroatoms. The van der Waals surface area contributed by atoms with E-state index < -0.39 is 0 Å². The van der Waals surface area contributed by atoms with Crippen LogP contribution >= 0.6 is 0 Å². The third-order valence-corrected chi connectivity index (χ3v) is 7.45. The Balaban J connectivity index is 1.62. The lowest BCUT2D eigenvalue weighted by Crippen LogP contribution is -2.34. The topological polar surface area (TPSA) is 95.9 Å². The molecule has 4 rings (SSSR count). The van der Waals surface area contributed by atoms with Gasteiger partial charge in [-0.15, -0.1) is 0 Å². The molecule has 3 aromatic rings. The van der Waals surface area contributed by atoms with E-state index in [1.165, 1.54) is 0 Å². The lowest BCUT2D eigenvalue weighted by molar-refractivity contribution is -0.115. The number of fused-ring (bicyclic) bond motifs is 1. The molecule has 0 bridgehead atoms. The van der Waals surface area contributed by atoms with Gasteiger partial charge < -0.3 is 19.8 Å². The van der Waals surface area contributed by atoms with Gasteiger partial charge in [-0.25, -0.2) is 9.97 Å². The van der Waals surface area contributed by atoms with Gasteiger partial charge in [0.1, 0.15) is 0 Å². The van der Waals surface area contributed by atoms with Crippen LogP contribution in [0.3, 0.4) is 0 Å². The van der Waals surface area contributed by atoms with Gasteiger partial charge in [0.2, 0.25) is 5.95 Å². The van der Waals surface area contributed by atoms with Gasteiger partial charge in [0.25, 0.3) is 5.91 Å². The average Bonchev–Trinajstić information content (AvgIpc) is 3.58. The van der Waals surface area contributed by atoms with Crippen LogP contribution in [0.1, 0.15) is 76.4 Å². The van der Waals surface area contributed by atoms with E-state index in [1.807, 2.05) is 54.4 Å². The zero-order chi connectivity index (χ0) is 28.6. The molecule has 1 aromatic carbocycles. The summed E-state index contributed by atoms with van der Waals surface area (Å²) in [5, 5.41) is 3.57. The van der Waals surface area contributed by atoms with Gasteiger partial charge in [-0.05, 0) is 49.3 Å². The van der Waals surface area contributed by atoms with E-state index in [0.29, 0.717) is 36.8 Å². The summed E-state index contributed by atoms with van der Waals surface area (Å²) in [6.07, 6.45) is 13.4. The Hall–Kier alpha value is -3.68. The monoisotopic (exact) mass is 544 g/mol. The first kappa shape index (κ1) is 29.3. The molecule has 0 fully saturated rings. The Morgan fingerprint density at radius 3 is 2.50 bits per heavy atom. The zero-order valence-corrected chi connectivity index (χ0v) is 24.6. The fourth-order valence-corrected chi connectivity index (χ4v) is 4.88. The van der Waals surface area contributed by atoms with Crippen molar-refractivity contribution < 1.29 is 9.59 Å². The maximum Gasteiger partial charge on any atom is 0.253 e. The molecule has 0 radical (unpaired) electrons. The van der Waals surface area contributed by atoms with Gasteiger partial charge in [0.05, 0.1) is 23.4 Å². The van der Waals surface area contributed by atoms with E-state index in [9.17, 15) is 9.59 Å². The zero-order valence-electron chi connectivity index (χ0n) is 24.6. The second-order valence-electron chi connectivity index (χ2n) is 11.6. The number of benzene rings is 1. The molecule has 2 N–H and O–H groups in total. The molecule has 0 aliphatic heterocycles. The second kappa shape index (κ2) is 13.6. The molecule has 0 saturated heterocycles. The number of nitrogens with one attached hydrogen (secondary N) is 2. The number of allylic oxidation sites excluding steroid dienone is 2. The number of aromatic nitrogens is 4. The molecular weight excluding hydrogens is 500 g/mol. The summed E-state index contributed by atoms with van der Waals surface area (Å²) < 4.78 is 2.16. The lowest BCUT2D eigenvalue weighted by Gasteiger charge is -2.25. The fourth-order valence-electron chi connectivity index (χ4n) is 4.88. The van der Waals surface area contributed by atoms with Crippen LogP contribution in [0.5, 0.6) is 0 Å². The molecule has 1 aliphatic rings. The third-order valence-electron chi connectivity index (χ3n) is 7.45. The van der Waals surface area contributed by atoms with E-state index in [4.69, 9.17) is 4.98 Å². The Labute approximate surface area is 238 Å². The van der Waals surface area contributed by atoms with Crippen molar-refractivity contribution in [3.8, 4) is 0 Å². The minimum absolute atomic E-state index is 0.0276. The molecule has 214 valence electrons. The van der Waals surface area contributed by atoms with Crippen molar-refractivity contribution in [1.29, 1.82) is 0 Å². The van der Waals surface area contributed by atoms with Crippen molar-refractivity contribution in [2.45, 2.75) is 79.3 Å². The number of nitrogens with zero attached hydrogens (tertiary/aromatic N) is 4. The number of anilines is 1. The molecule has 1 atom stereocenters. The van der Waals surface area contributed by atoms with Crippen molar-refractivity contribution in [3.63, 3.8) is 0 Å². The Kier molecular flexibility index (Phi) is 9.96. The number of hydrogen-bond donors (Lipinski definition) is 2. The molecule has 1 aliphatic carbocycles. The number of ketones is 1. The molecule has 0 spiro atoms. The number of hydrogen-bond acceptors (Lipinski definition) is 5. The van der Waals surface area contributed by atoms with Crippen LogP contribution < -0.4 is 5.32 Å². The second-order valence-corrected chi connectivity index (χ2v) is 11.6. The van der Waals surface area contributed by atoms with Crippen LogP contribution in [0.4, 0.5) is 5.95 Å². The van der Waals surface area contributed by atoms with Gasteiger partial charge in [-0.1, -0.05) is 52.8 Å². The van der Waals surface area contributed by atoms with Crippen LogP contribution in [-0.4, -0.2) is 55.2 Å². The highest BCUT2D eigenvalue weighted by atomic mass is 16.2. The molecule has 40 heavy (non-hydrogen) atoms. The van der Waals surface area contributed by atoms with Crippen molar-refractivity contribution >= 4 is 28.7 Å². The summed E-state index contributed by atoms with van der Waals surface area (Å²) >= 11 is 0. The van der Waals surface area contributed by atoms with Gasteiger partial charge >= 0.3 is 0 Å². The van der Waals surface area contributed by atoms with Crippen molar-refractivity contribution in [2.75, 3.05) is 18.4 Å². The van der Waals surface area contributed by atoms with Crippen LogP contribution in [0.2, 0.25) is 0 Å². The molecular formula is C32H44N6O2. The number of imidazole rings is 2. The molecule has 8 nitrogen and oxygen atoms in total. The Morgan fingerprint density at radius 2 is 1.90 bits per heavy atom. The fraction of sp³-hybridized carbons (Fsp3) is 0.500. The first-order valence-electron chi connectivity index (χ1n) is 14.7. The Bertz CT molecular complexity index is 1340. The SMILES string of the molecule is CCC(=O)C1=CCC(Nc2nc3ccc(C(=O)N(CCC(C)C)CCC(C)C)cc3n2CCc2cnc[nH]2)C=C1. The number of amides is 1. The number of carbonyl (C=O) groups is 2. The van der Waals surface area contributed by atoms with Crippen LogP contribution in [-0.2, 0) is 17.8 Å². The van der Waals surface area contributed by atoms with E-state index >= 15 is 0 Å². The van der Waals surface area contributed by atoms with Crippen LogP contribution in [0, 0.1) is 11.8 Å². The number of carbonyl (C=O) groups excluding carboxylic acids is 2. The third kappa shape index (κ3) is 7.49. The molecule has 0 saturated carbocycles. The molecule has 1 unspecified atom stereocenters. The largest absolute Gasteiger partial charge is 0.349 e. The summed E-state index contributed by atoms with van der Waals surface area (Å²) in [5.41, 5.74) is 4.28. The highest BCUT2D eigenvalue weighted by Crippen LogP contribution is 2.25. The lowest BCUT2D eigenvalue weighted by atomic mass is 9.99. The number of Topliss-reactive ketones (excluding diaryl/α,β-unsaturated/α-hetero) is 1. The van der Waals surface area contributed by atoms with Gasteiger partial charge in [-0.2, -0.15) is 0 Å². The predicted molar refractivity (Wildman–Crippen MR) is 161 cm³/mol. The highest BCUT2D eigenvalue weighted by molar-refractivity contribution is 5.98. The molecule has 2 aromatic heterocycles. The standard InChI is InChI=1S/C32H44N6O2/c1-6-30(39)24-7-10-26(11-8-24)35-32-36-28-12-9-25(19-29(28)38(32)18-15-27-20-33-21-34-27)31(40)37(16-13-22(2)3)17-14-23(4)5/h7-10,12,19-23,26H,6,11,13-18H2,1-5H3,(H,33,34)(H,35,36). The van der Waals surface area contributed by atoms with Gasteiger partial charge in [0, 0.05) is 55.5 Å². The molecule has 1 amide bonds. The first-order valence-corrected chi connectivity index (χ1v) is 14.7. The number of aryl methyl sites for hydroxylation is 2. The van der Waals surface area contributed by atoms with E-state index in [2.05, 4.69) is 47.5 Å². The van der Waals surface area contributed by atoms with Crippen LogP contribution in [0.25, 0.3) is 11.0 Å². The summed E-state index contributed by atoms with van der Waals surface area (Å²) in [6, 6.07) is 5.89. The van der Waals surface area contributed by atoms with Crippen molar-refractivity contribution in [1.82, 2.24) is 24.4 Å². The summed E-state index contributed by atoms with van der Waals surface area (Å²) in [7, 11) is 0. The summed E-state index contributed by atoms with van der Waals surface area (Å²) in [4.78, 5) is 40.1. The van der Waals surface area contributed by atoms with Crippen molar-refractivity contribution in [3.05, 3.63) is 65.8 Å². The van der Waals surface area contributed by atoms with Gasteiger partial charge in [-0.3, -0.25) is 9.59 Å². The minimum Gasteiger partial charge on any atom is -0.349 e. The van der Waals surface area contributed by atoms with Gasteiger partial charge in [0.15, 0.2) is 5.78 Å². The van der Waals surface area contributed by atoms with E-state index in [0.717, 1.165) is 60.6 Å². The maximum atomic E-state index is 13.7. The average molecular weight is 545 g/mol. The number of rotatable bonds is 14. The highest BCUT2D eigenvalue weighted by Gasteiger charge is 2.21. The normalized spacial score (nSPS) is 15.2. The van der Waals surface area contributed by atoms with Crippen LogP contribution in [0.15, 0.2) is 54.5 Å². The predicted octanol–water partition coefficient (Wildman–Crippen LogP) is 6.18. The maximum absolute atomic E-state index is 13.7. The Morgan fingerprint density at radius 1 is 1.15 bits per heavy atom. The quantitative estimate of drug-likeness (QED) is 0.253. The summed E-state index contributed by atoms with van der Waals surface area (Å²) in [5.74, 6) is 2.06. The van der Waals surface area contributed by atoms with Crippen molar-refractivity contribution in [2.24, 2.45) is 11.8 Å². The number of H-pyrrole nitrogens is 1. The summed E-state index contributed by atoms with van der Waals surface area (Å²) in [6.45, 7) is 12.9. The smallest absolute Gasteiger partial charge is 0.253 e. The van der Waals surface area contributed by atoms with E-state index in [1.54, 1.807) is 6.33 Å². The first-order chi connectivity index (χ1) is 19.2. The molecule has 2 heterocycles. The minimum atomic E-state index is 0.0276. The van der Waals surface area contributed by atoms with E-state index in [-0.39, 0.29) is 17.7 Å².